The van der Waals surface area contributed by atoms with Crippen molar-refractivity contribution in [2.75, 3.05) is 12.3 Å². The lowest BCUT2D eigenvalue weighted by Gasteiger charge is -2.08. The van der Waals surface area contributed by atoms with E-state index in [9.17, 15) is 8.42 Å². The first-order valence-corrected chi connectivity index (χ1v) is 7.07. The molecule has 1 N–H and O–H groups in total. The van der Waals surface area contributed by atoms with Gasteiger partial charge < -0.3 is 5.32 Å². The lowest BCUT2D eigenvalue weighted by atomic mass is 10.2. The highest BCUT2D eigenvalue weighted by Crippen LogP contribution is 2.12. The van der Waals surface area contributed by atoms with Gasteiger partial charge in [-0.15, -0.1) is 0 Å². The van der Waals surface area contributed by atoms with E-state index in [1.54, 1.807) is 12.1 Å². The van der Waals surface area contributed by atoms with Crippen LogP contribution >= 0.6 is 0 Å². The smallest absolute Gasteiger partial charge is 0.179 e. The Bertz CT molecular complexity index is 516. The standard InChI is InChI=1S/C12H16N2O2S/c1-10(2)14-6-7-17(15,16)12-5-3-4-11(8-12)9-13/h3-5,8,10,14H,6-7H2,1-2H3. The van der Waals surface area contributed by atoms with Gasteiger partial charge in [-0.05, 0) is 18.2 Å². The lowest BCUT2D eigenvalue weighted by Crippen LogP contribution is -2.28. The van der Waals surface area contributed by atoms with Gasteiger partial charge in [0.05, 0.1) is 22.3 Å². The zero-order valence-electron chi connectivity index (χ0n) is 9.97. The minimum atomic E-state index is -3.30. The van der Waals surface area contributed by atoms with E-state index >= 15 is 0 Å². The van der Waals surface area contributed by atoms with E-state index in [0.29, 0.717) is 12.1 Å². The molecule has 0 spiro atoms. The van der Waals surface area contributed by atoms with Gasteiger partial charge in [0.1, 0.15) is 0 Å². The van der Waals surface area contributed by atoms with Crippen LogP contribution in [0.2, 0.25) is 0 Å². The average Bonchev–Trinajstić information content (AvgIpc) is 2.28. The summed E-state index contributed by atoms with van der Waals surface area (Å²) in [6.45, 7) is 4.34. The molecule has 0 radical (unpaired) electrons. The lowest BCUT2D eigenvalue weighted by molar-refractivity contribution is 0.578. The number of hydrogen-bond acceptors (Lipinski definition) is 4. The third-order valence-electron chi connectivity index (χ3n) is 2.25. The Kier molecular flexibility index (Phi) is 4.67. The number of rotatable bonds is 5. The van der Waals surface area contributed by atoms with E-state index in [0.717, 1.165) is 0 Å². The number of nitrogens with zero attached hydrogens (tertiary/aromatic N) is 1. The number of sulfone groups is 1. The molecule has 0 saturated heterocycles. The maximum Gasteiger partial charge on any atom is 0.179 e. The first-order chi connectivity index (χ1) is 7.95. The van der Waals surface area contributed by atoms with Gasteiger partial charge in [0.25, 0.3) is 0 Å². The molecule has 92 valence electrons. The summed E-state index contributed by atoms with van der Waals surface area (Å²) in [7, 11) is -3.30. The highest BCUT2D eigenvalue weighted by Gasteiger charge is 2.14. The highest BCUT2D eigenvalue weighted by atomic mass is 32.2. The van der Waals surface area contributed by atoms with Gasteiger partial charge in [0, 0.05) is 12.6 Å². The summed E-state index contributed by atoms with van der Waals surface area (Å²) >= 11 is 0. The van der Waals surface area contributed by atoms with E-state index in [1.165, 1.54) is 12.1 Å². The predicted octanol–water partition coefficient (Wildman–Crippen LogP) is 1.33. The van der Waals surface area contributed by atoms with Gasteiger partial charge in [-0.25, -0.2) is 8.42 Å². The van der Waals surface area contributed by atoms with Gasteiger partial charge >= 0.3 is 0 Å². The average molecular weight is 252 g/mol. The molecular formula is C12H16N2O2S. The molecule has 17 heavy (non-hydrogen) atoms. The maximum absolute atomic E-state index is 11.9. The summed E-state index contributed by atoms with van der Waals surface area (Å²) < 4.78 is 23.9. The third kappa shape index (κ3) is 4.17. The van der Waals surface area contributed by atoms with E-state index in [1.807, 2.05) is 19.9 Å². The molecule has 0 unspecified atom stereocenters. The fraction of sp³-hybridized carbons (Fsp3) is 0.417. The van der Waals surface area contributed by atoms with Gasteiger partial charge in [0.15, 0.2) is 9.84 Å². The van der Waals surface area contributed by atoms with Crippen LogP contribution in [-0.4, -0.2) is 26.8 Å². The molecule has 0 aliphatic rings. The maximum atomic E-state index is 11.9. The SMILES string of the molecule is CC(C)NCCS(=O)(=O)c1cccc(C#N)c1. The van der Waals surface area contributed by atoms with Gasteiger partial charge in [-0.2, -0.15) is 5.26 Å². The van der Waals surface area contributed by atoms with E-state index in [-0.39, 0.29) is 16.7 Å². The van der Waals surface area contributed by atoms with Gasteiger partial charge in [0.2, 0.25) is 0 Å². The predicted molar refractivity (Wildman–Crippen MR) is 66.3 cm³/mol. The van der Waals surface area contributed by atoms with E-state index in [2.05, 4.69) is 5.32 Å². The molecule has 0 saturated carbocycles. The molecule has 0 atom stereocenters. The number of nitriles is 1. The van der Waals surface area contributed by atoms with Crippen LogP contribution in [0.1, 0.15) is 19.4 Å². The fourth-order valence-electron chi connectivity index (χ4n) is 1.36. The van der Waals surface area contributed by atoms with Crippen molar-refractivity contribution in [2.45, 2.75) is 24.8 Å². The van der Waals surface area contributed by atoms with E-state index in [4.69, 9.17) is 5.26 Å². The van der Waals surface area contributed by atoms with Crippen LogP contribution in [0.4, 0.5) is 0 Å². The number of nitrogens with one attached hydrogen (secondary N) is 1. The highest BCUT2D eigenvalue weighted by molar-refractivity contribution is 7.91. The minimum absolute atomic E-state index is 0.0417. The van der Waals surface area contributed by atoms with Gasteiger partial charge in [-0.1, -0.05) is 19.9 Å². The second-order valence-electron chi connectivity index (χ2n) is 4.07. The summed E-state index contributed by atoms with van der Waals surface area (Å²) in [5.41, 5.74) is 0.364. The normalized spacial score (nSPS) is 11.4. The Hall–Kier alpha value is -1.38. The molecular weight excluding hydrogens is 236 g/mol. The molecule has 5 heteroatoms. The van der Waals surface area contributed by atoms with Crippen LogP contribution in [0.3, 0.4) is 0 Å². The van der Waals surface area contributed by atoms with E-state index < -0.39 is 9.84 Å². The van der Waals surface area contributed by atoms with Crippen molar-refractivity contribution in [1.29, 1.82) is 5.26 Å². The van der Waals surface area contributed by atoms with Crippen molar-refractivity contribution in [2.24, 2.45) is 0 Å². The Balaban J connectivity index is 2.79. The van der Waals surface area contributed by atoms with Crippen LogP contribution in [0, 0.1) is 11.3 Å². The Labute approximate surface area is 102 Å². The topological polar surface area (TPSA) is 70.0 Å². The molecule has 0 aromatic heterocycles. The summed E-state index contributed by atoms with van der Waals surface area (Å²) in [6, 6.07) is 8.29. The molecule has 1 aromatic carbocycles. The third-order valence-corrected chi connectivity index (χ3v) is 3.96. The molecule has 0 fully saturated rings. The molecule has 0 amide bonds. The fourth-order valence-corrected chi connectivity index (χ4v) is 2.57. The number of benzene rings is 1. The van der Waals surface area contributed by atoms with Crippen molar-refractivity contribution in [3.05, 3.63) is 29.8 Å². The summed E-state index contributed by atoms with van der Waals surface area (Å²) in [5.74, 6) is 0.0417. The quantitative estimate of drug-likeness (QED) is 0.858. The first kappa shape index (κ1) is 13.7. The molecule has 0 aliphatic carbocycles. The monoisotopic (exact) mass is 252 g/mol. The number of hydrogen-bond donors (Lipinski definition) is 1. The Morgan fingerprint density at radius 3 is 2.71 bits per heavy atom. The summed E-state index contributed by atoms with van der Waals surface area (Å²) in [4.78, 5) is 0.210. The van der Waals surface area contributed by atoms with Crippen LogP contribution in [0.5, 0.6) is 0 Å². The van der Waals surface area contributed by atoms with Crippen LogP contribution in [0.25, 0.3) is 0 Å². The van der Waals surface area contributed by atoms with Crippen molar-refractivity contribution in [1.82, 2.24) is 5.32 Å². The molecule has 0 bridgehead atoms. The largest absolute Gasteiger partial charge is 0.314 e. The molecule has 0 heterocycles. The zero-order chi connectivity index (χ0) is 12.9. The van der Waals surface area contributed by atoms with Crippen molar-refractivity contribution < 1.29 is 8.42 Å². The Morgan fingerprint density at radius 1 is 1.41 bits per heavy atom. The molecule has 1 rings (SSSR count). The van der Waals surface area contributed by atoms with Crippen LogP contribution < -0.4 is 5.32 Å². The Morgan fingerprint density at radius 2 is 2.12 bits per heavy atom. The minimum Gasteiger partial charge on any atom is -0.314 e. The molecule has 4 nitrogen and oxygen atoms in total. The second kappa shape index (κ2) is 5.80. The second-order valence-corrected chi connectivity index (χ2v) is 6.18. The molecule has 0 aliphatic heterocycles. The summed E-state index contributed by atoms with van der Waals surface area (Å²) in [5, 5.41) is 11.8. The summed E-state index contributed by atoms with van der Waals surface area (Å²) in [6.07, 6.45) is 0. The van der Waals surface area contributed by atoms with Crippen molar-refractivity contribution in [3.8, 4) is 6.07 Å². The molecule has 1 aromatic rings. The van der Waals surface area contributed by atoms with Crippen molar-refractivity contribution >= 4 is 9.84 Å². The van der Waals surface area contributed by atoms with Gasteiger partial charge in [-0.3, -0.25) is 0 Å². The zero-order valence-corrected chi connectivity index (χ0v) is 10.8. The van der Waals surface area contributed by atoms with Crippen LogP contribution in [-0.2, 0) is 9.84 Å². The first-order valence-electron chi connectivity index (χ1n) is 5.42. The van der Waals surface area contributed by atoms with Crippen LogP contribution in [0.15, 0.2) is 29.2 Å². The van der Waals surface area contributed by atoms with Crippen molar-refractivity contribution in [3.63, 3.8) is 0 Å².